The van der Waals surface area contributed by atoms with Crippen LogP contribution in [0.5, 0.6) is 0 Å². The summed E-state index contributed by atoms with van der Waals surface area (Å²) in [6.07, 6.45) is 0. The number of benzene rings is 1. The third-order valence-electron chi connectivity index (χ3n) is 1.23. The molecule has 0 aromatic heterocycles. The molecule has 0 bridgehead atoms. The standard InChI is InChI=1S/C7H4Br2FI/c8-3-4-1-7(11)6(10)2-5(4)9/h1-2H,3H2. The van der Waals surface area contributed by atoms with Gasteiger partial charge in [-0.2, -0.15) is 0 Å². The average Bonchev–Trinajstić information content (AvgIpc) is 1.97. The first-order valence-corrected chi connectivity index (χ1v) is 5.84. The molecule has 0 amide bonds. The van der Waals surface area contributed by atoms with Crippen LogP contribution < -0.4 is 0 Å². The SMILES string of the molecule is Fc1cc(Br)c(CBr)cc1I. The monoisotopic (exact) mass is 392 g/mol. The van der Waals surface area contributed by atoms with Crippen LogP contribution >= 0.6 is 54.5 Å². The number of hydrogen-bond donors (Lipinski definition) is 0. The summed E-state index contributed by atoms with van der Waals surface area (Å²) in [7, 11) is 0. The molecule has 0 spiro atoms. The Hall–Kier alpha value is 0.840. The zero-order chi connectivity index (χ0) is 8.43. The van der Waals surface area contributed by atoms with Crippen molar-refractivity contribution in [2.24, 2.45) is 0 Å². The largest absolute Gasteiger partial charge is 0.206 e. The molecule has 0 unspecified atom stereocenters. The Balaban J connectivity index is 3.21. The minimum Gasteiger partial charge on any atom is -0.206 e. The third kappa shape index (κ3) is 2.39. The zero-order valence-electron chi connectivity index (χ0n) is 5.37. The van der Waals surface area contributed by atoms with Crippen molar-refractivity contribution in [3.63, 3.8) is 0 Å². The number of hydrogen-bond acceptors (Lipinski definition) is 0. The quantitative estimate of drug-likeness (QED) is 0.383. The van der Waals surface area contributed by atoms with Crippen molar-refractivity contribution in [1.82, 2.24) is 0 Å². The molecule has 0 N–H and O–H groups in total. The van der Waals surface area contributed by atoms with E-state index in [-0.39, 0.29) is 5.82 Å². The van der Waals surface area contributed by atoms with Gasteiger partial charge in [0.15, 0.2) is 0 Å². The van der Waals surface area contributed by atoms with E-state index in [1.54, 1.807) is 0 Å². The molecule has 0 fully saturated rings. The van der Waals surface area contributed by atoms with Crippen LogP contribution in [0.4, 0.5) is 4.39 Å². The van der Waals surface area contributed by atoms with E-state index in [9.17, 15) is 4.39 Å². The van der Waals surface area contributed by atoms with E-state index in [2.05, 4.69) is 31.9 Å². The lowest BCUT2D eigenvalue weighted by atomic mass is 10.2. The molecule has 0 aliphatic carbocycles. The minimum absolute atomic E-state index is 0.179. The molecule has 60 valence electrons. The molecule has 0 saturated heterocycles. The molecule has 4 heteroatoms. The predicted molar refractivity (Wildman–Crippen MR) is 59.4 cm³/mol. The summed E-state index contributed by atoms with van der Waals surface area (Å²) in [6, 6.07) is 3.30. The van der Waals surface area contributed by atoms with Gasteiger partial charge in [-0.05, 0) is 40.3 Å². The molecule has 11 heavy (non-hydrogen) atoms. The average molecular weight is 394 g/mol. The summed E-state index contributed by atoms with van der Waals surface area (Å²) >= 11 is 8.55. The van der Waals surface area contributed by atoms with E-state index in [0.717, 1.165) is 15.4 Å². The zero-order valence-corrected chi connectivity index (χ0v) is 10.7. The van der Waals surface area contributed by atoms with E-state index in [1.165, 1.54) is 6.07 Å². The first kappa shape index (κ1) is 9.92. The van der Waals surface area contributed by atoms with Gasteiger partial charge in [0, 0.05) is 13.4 Å². The first-order chi connectivity index (χ1) is 5.15. The topological polar surface area (TPSA) is 0 Å². The molecule has 1 aromatic rings. The summed E-state index contributed by atoms with van der Waals surface area (Å²) in [5.41, 5.74) is 1.07. The van der Waals surface area contributed by atoms with Crippen molar-refractivity contribution in [3.8, 4) is 0 Å². The Bertz CT molecular complexity index is 275. The first-order valence-electron chi connectivity index (χ1n) is 2.84. The van der Waals surface area contributed by atoms with Crippen molar-refractivity contribution < 1.29 is 4.39 Å². The Morgan fingerprint density at radius 1 is 1.45 bits per heavy atom. The van der Waals surface area contributed by atoms with E-state index < -0.39 is 0 Å². The molecule has 1 aromatic carbocycles. The second kappa shape index (κ2) is 4.18. The van der Waals surface area contributed by atoms with E-state index in [1.807, 2.05) is 28.7 Å². The van der Waals surface area contributed by atoms with Gasteiger partial charge in [-0.3, -0.25) is 0 Å². The third-order valence-corrected chi connectivity index (χ3v) is 3.40. The van der Waals surface area contributed by atoms with Gasteiger partial charge in [0.05, 0.1) is 0 Å². The van der Waals surface area contributed by atoms with Crippen molar-refractivity contribution >= 4 is 54.5 Å². The van der Waals surface area contributed by atoms with E-state index >= 15 is 0 Å². The highest BCUT2D eigenvalue weighted by Crippen LogP contribution is 2.24. The van der Waals surface area contributed by atoms with Gasteiger partial charge in [0.25, 0.3) is 0 Å². The molecule has 0 saturated carbocycles. The van der Waals surface area contributed by atoms with Crippen molar-refractivity contribution in [3.05, 3.63) is 31.6 Å². The Morgan fingerprint density at radius 2 is 2.09 bits per heavy atom. The lowest BCUT2D eigenvalue weighted by molar-refractivity contribution is 0.619. The minimum atomic E-state index is -0.179. The highest BCUT2D eigenvalue weighted by Gasteiger charge is 2.04. The van der Waals surface area contributed by atoms with Gasteiger partial charge in [-0.25, -0.2) is 4.39 Å². The van der Waals surface area contributed by atoms with Crippen LogP contribution in [0.15, 0.2) is 16.6 Å². The van der Waals surface area contributed by atoms with E-state index in [0.29, 0.717) is 3.57 Å². The smallest absolute Gasteiger partial charge is 0.137 e. The summed E-state index contributed by atoms with van der Waals surface area (Å²) < 4.78 is 14.3. The van der Waals surface area contributed by atoms with Crippen LogP contribution in [-0.2, 0) is 5.33 Å². The van der Waals surface area contributed by atoms with Gasteiger partial charge in [0.2, 0.25) is 0 Å². The molecular weight excluding hydrogens is 390 g/mol. The molecule has 0 aliphatic heterocycles. The highest BCUT2D eigenvalue weighted by molar-refractivity contribution is 14.1. The second-order valence-electron chi connectivity index (χ2n) is 1.99. The van der Waals surface area contributed by atoms with Gasteiger partial charge < -0.3 is 0 Å². The van der Waals surface area contributed by atoms with Gasteiger partial charge in [-0.1, -0.05) is 31.9 Å². The van der Waals surface area contributed by atoms with Crippen molar-refractivity contribution in [2.45, 2.75) is 5.33 Å². The summed E-state index contributed by atoms with van der Waals surface area (Å²) in [6.45, 7) is 0. The van der Waals surface area contributed by atoms with Crippen LogP contribution in [0.3, 0.4) is 0 Å². The second-order valence-corrected chi connectivity index (χ2v) is 4.57. The molecule has 0 radical (unpaired) electrons. The molecule has 0 aliphatic rings. The maximum absolute atomic E-state index is 12.8. The van der Waals surface area contributed by atoms with Gasteiger partial charge in [-0.15, -0.1) is 0 Å². The van der Waals surface area contributed by atoms with Crippen LogP contribution in [-0.4, -0.2) is 0 Å². The van der Waals surface area contributed by atoms with Crippen molar-refractivity contribution in [1.29, 1.82) is 0 Å². The van der Waals surface area contributed by atoms with Crippen LogP contribution in [0.1, 0.15) is 5.56 Å². The van der Waals surface area contributed by atoms with Gasteiger partial charge >= 0.3 is 0 Å². The number of halogens is 4. The maximum Gasteiger partial charge on any atom is 0.137 e. The molecule has 0 heterocycles. The highest BCUT2D eigenvalue weighted by atomic mass is 127. The summed E-state index contributed by atoms with van der Waals surface area (Å²) in [5, 5.41) is 0.740. The summed E-state index contributed by atoms with van der Waals surface area (Å²) in [5.74, 6) is -0.179. The molecule has 0 atom stereocenters. The molecule has 1 rings (SSSR count). The van der Waals surface area contributed by atoms with Crippen LogP contribution in [0.25, 0.3) is 0 Å². The fourth-order valence-electron chi connectivity index (χ4n) is 0.666. The lowest BCUT2D eigenvalue weighted by Crippen LogP contribution is -1.87. The normalized spacial score (nSPS) is 10.2. The summed E-state index contributed by atoms with van der Waals surface area (Å²) in [4.78, 5) is 0. The Kier molecular flexibility index (Phi) is 3.77. The van der Waals surface area contributed by atoms with Crippen molar-refractivity contribution in [2.75, 3.05) is 0 Å². The fourth-order valence-corrected chi connectivity index (χ4v) is 2.49. The molecular formula is C7H4Br2FI. The predicted octanol–water partition coefficient (Wildman–Crippen LogP) is 4.09. The van der Waals surface area contributed by atoms with Crippen LogP contribution in [0, 0.1) is 9.39 Å². The lowest BCUT2D eigenvalue weighted by Gasteiger charge is -2.01. The van der Waals surface area contributed by atoms with Crippen LogP contribution in [0.2, 0.25) is 0 Å². The van der Waals surface area contributed by atoms with Gasteiger partial charge in [0.1, 0.15) is 5.82 Å². The fraction of sp³-hybridized carbons (Fsp3) is 0.143. The van der Waals surface area contributed by atoms with E-state index in [4.69, 9.17) is 0 Å². The molecule has 0 nitrogen and oxygen atoms in total. The number of alkyl halides is 1. The maximum atomic E-state index is 12.8. The Labute approximate surface area is 95.0 Å². The Morgan fingerprint density at radius 3 is 2.64 bits per heavy atom. The number of rotatable bonds is 1.